The average molecular weight is 485 g/mol. The number of aromatic nitrogens is 1. The Morgan fingerprint density at radius 1 is 1.24 bits per heavy atom. The molecule has 1 aromatic heterocycles. The molecule has 0 aliphatic heterocycles. The van der Waals surface area contributed by atoms with Crippen LogP contribution in [0.3, 0.4) is 0 Å². The van der Waals surface area contributed by atoms with Gasteiger partial charge in [-0.2, -0.15) is 13.2 Å². The van der Waals surface area contributed by atoms with Crippen molar-refractivity contribution in [3.05, 3.63) is 79.5 Å². The number of methoxy groups -OCH3 is 1. The van der Waals surface area contributed by atoms with Gasteiger partial charge in [0.15, 0.2) is 11.5 Å². The first-order valence-electron chi connectivity index (χ1n) is 9.10. The molecule has 0 unspecified atom stereocenters. The Bertz CT molecular complexity index is 1170. The normalized spacial score (nSPS) is 11.2. The molecule has 13 heteroatoms. The van der Waals surface area contributed by atoms with Gasteiger partial charge in [-0.1, -0.05) is 6.07 Å². The standard InChI is InChI=1S/C20H15F4N3O5S/c1-31-17-5-14(16(27(29)30)6-18(17)32-8-13-9-33-10-26-13)19(28)25-7-11-2-3-12(21)4-15(11)20(22,23)24/h2-6,9-10H,7-8H2,1H3,(H,25,28). The highest BCUT2D eigenvalue weighted by molar-refractivity contribution is 7.07. The van der Waals surface area contributed by atoms with Crippen molar-refractivity contribution in [1.29, 1.82) is 0 Å². The highest BCUT2D eigenvalue weighted by Gasteiger charge is 2.34. The SMILES string of the molecule is COc1cc(C(=O)NCc2ccc(F)cc2C(F)(F)F)c([N+](=O)[O-])cc1OCc1cscn1. The van der Waals surface area contributed by atoms with Crippen LogP contribution in [0.25, 0.3) is 0 Å². The van der Waals surface area contributed by atoms with E-state index in [-0.39, 0.29) is 18.1 Å². The van der Waals surface area contributed by atoms with Crippen LogP contribution in [0.4, 0.5) is 23.2 Å². The van der Waals surface area contributed by atoms with Gasteiger partial charge in [-0.3, -0.25) is 14.9 Å². The summed E-state index contributed by atoms with van der Waals surface area (Å²) in [6.45, 7) is -0.650. The van der Waals surface area contributed by atoms with Gasteiger partial charge in [0.2, 0.25) is 0 Å². The second-order valence-electron chi connectivity index (χ2n) is 6.53. The van der Waals surface area contributed by atoms with Crippen molar-refractivity contribution >= 4 is 22.9 Å². The second kappa shape index (κ2) is 9.81. The molecule has 0 aliphatic rings. The molecule has 8 nitrogen and oxygen atoms in total. The fourth-order valence-corrected chi connectivity index (χ4v) is 3.40. The summed E-state index contributed by atoms with van der Waals surface area (Å²) in [5.41, 5.74) is -0.607. The van der Waals surface area contributed by atoms with Crippen molar-refractivity contribution in [2.45, 2.75) is 19.3 Å². The van der Waals surface area contributed by atoms with Gasteiger partial charge in [-0.05, 0) is 17.7 Å². The number of alkyl halides is 3. The lowest BCUT2D eigenvalue weighted by Crippen LogP contribution is -2.25. The molecule has 33 heavy (non-hydrogen) atoms. The molecule has 3 aromatic rings. The van der Waals surface area contributed by atoms with Gasteiger partial charge in [-0.25, -0.2) is 9.37 Å². The lowest BCUT2D eigenvalue weighted by Gasteiger charge is -2.15. The number of nitrogens with zero attached hydrogens (tertiary/aromatic N) is 2. The van der Waals surface area contributed by atoms with Gasteiger partial charge < -0.3 is 14.8 Å². The first-order valence-corrected chi connectivity index (χ1v) is 10.0. The predicted molar refractivity (Wildman–Crippen MR) is 109 cm³/mol. The Hall–Kier alpha value is -3.74. The number of benzene rings is 2. The molecule has 1 amide bonds. The van der Waals surface area contributed by atoms with E-state index in [1.165, 1.54) is 18.4 Å². The molecule has 0 radical (unpaired) electrons. The molecule has 174 valence electrons. The Balaban J connectivity index is 1.86. The van der Waals surface area contributed by atoms with Crippen molar-refractivity contribution in [2.75, 3.05) is 7.11 Å². The lowest BCUT2D eigenvalue weighted by molar-refractivity contribution is -0.385. The Morgan fingerprint density at radius 3 is 2.61 bits per heavy atom. The minimum Gasteiger partial charge on any atom is -0.493 e. The van der Waals surface area contributed by atoms with Crippen molar-refractivity contribution in [2.24, 2.45) is 0 Å². The van der Waals surface area contributed by atoms with Crippen LogP contribution < -0.4 is 14.8 Å². The number of amides is 1. The maximum atomic E-state index is 13.3. The number of carbonyl (C=O) groups excluding carboxylic acids is 1. The topological polar surface area (TPSA) is 104 Å². The Morgan fingerprint density at radius 2 is 2.00 bits per heavy atom. The van der Waals surface area contributed by atoms with Crippen LogP contribution in [0.5, 0.6) is 11.5 Å². The number of nitro groups is 1. The Kier molecular flexibility index (Phi) is 7.11. The van der Waals surface area contributed by atoms with Gasteiger partial charge in [0.1, 0.15) is 18.0 Å². The molecule has 3 rings (SSSR count). The van der Waals surface area contributed by atoms with Crippen LogP contribution in [0.1, 0.15) is 27.2 Å². The summed E-state index contributed by atoms with van der Waals surface area (Å²) in [7, 11) is 1.26. The third-order valence-corrected chi connectivity index (χ3v) is 5.03. The van der Waals surface area contributed by atoms with E-state index in [2.05, 4.69) is 10.3 Å². The van der Waals surface area contributed by atoms with Gasteiger partial charge in [0.05, 0.1) is 34.9 Å². The summed E-state index contributed by atoms with van der Waals surface area (Å²) in [5, 5.41) is 15.4. The molecule has 0 bridgehead atoms. The number of hydrogen-bond acceptors (Lipinski definition) is 7. The largest absolute Gasteiger partial charge is 0.493 e. The predicted octanol–water partition coefficient (Wildman–Crippen LogP) is 4.73. The van der Waals surface area contributed by atoms with Crippen LogP contribution in [-0.2, 0) is 19.3 Å². The molecular formula is C20H15F4N3O5S. The van der Waals surface area contributed by atoms with Crippen LogP contribution >= 0.6 is 11.3 Å². The van der Waals surface area contributed by atoms with Crippen molar-refractivity contribution in [3.8, 4) is 11.5 Å². The van der Waals surface area contributed by atoms with Crippen molar-refractivity contribution < 1.29 is 36.8 Å². The lowest BCUT2D eigenvalue weighted by atomic mass is 10.1. The monoisotopic (exact) mass is 485 g/mol. The molecule has 0 fully saturated rings. The van der Waals surface area contributed by atoms with Crippen LogP contribution in [0.2, 0.25) is 0 Å². The quantitative estimate of drug-likeness (QED) is 0.281. The molecule has 1 N–H and O–H groups in total. The summed E-state index contributed by atoms with van der Waals surface area (Å²) in [6, 6.07) is 4.04. The number of nitrogens with one attached hydrogen (secondary N) is 1. The minimum atomic E-state index is -4.85. The number of ether oxygens (including phenoxy) is 2. The maximum Gasteiger partial charge on any atom is 0.416 e. The summed E-state index contributed by atoms with van der Waals surface area (Å²) in [4.78, 5) is 27.3. The third kappa shape index (κ3) is 5.74. The summed E-state index contributed by atoms with van der Waals surface area (Å²) in [6.07, 6.45) is -4.85. The number of hydrogen-bond donors (Lipinski definition) is 1. The first-order chi connectivity index (χ1) is 15.6. The van der Waals surface area contributed by atoms with Crippen LogP contribution in [0.15, 0.2) is 41.2 Å². The molecule has 1 heterocycles. The number of rotatable bonds is 8. The van der Waals surface area contributed by atoms with E-state index in [1.807, 2.05) is 0 Å². The number of carbonyl (C=O) groups is 1. The van der Waals surface area contributed by atoms with E-state index in [9.17, 15) is 32.5 Å². The molecule has 0 aliphatic carbocycles. The molecule has 2 aromatic carbocycles. The number of nitro benzene ring substituents is 1. The van der Waals surface area contributed by atoms with Crippen molar-refractivity contribution in [1.82, 2.24) is 10.3 Å². The van der Waals surface area contributed by atoms with Gasteiger partial charge >= 0.3 is 6.18 Å². The van der Waals surface area contributed by atoms with Gasteiger partial charge in [-0.15, -0.1) is 11.3 Å². The fraction of sp³-hybridized carbons (Fsp3) is 0.200. The van der Waals surface area contributed by atoms with Crippen LogP contribution in [-0.4, -0.2) is 22.9 Å². The van der Waals surface area contributed by atoms with Crippen LogP contribution in [0, 0.1) is 15.9 Å². The average Bonchev–Trinajstić information content (AvgIpc) is 3.29. The molecule has 0 atom stereocenters. The zero-order valence-electron chi connectivity index (χ0n) is 16.8. The highest BCUT2D eigenvalue weighted by atomic mass is 32.1. The minimum absolute atomic E-state index is 0.00116. The molecule has 0 saturated carbocycles. The van der Waals surface area contributed by atoms with E-state index >= 15 is 0 Å². The highest BCUT2D eigenvalue weighted by Crippen LogP contribution is 2.36. The Labute approximate surface area is 187 Å². The summed E-state index contributed by atoms with van der Waals surface area (Å²) >= 11 is 1.33. The van der Waals surface area contributed by atoms with E-state index in [0.29, 0.717) is 11.8 Å². The second-order valence-corrected chi connectivity index (χ2v) is 7.25. The maximum absolute atomic E-state index is 13.3. The zero-order valence-corrected chi connectivity index (χ0v) is 17.6. The van der Waals surface area contributed by atoms with Gasteiger partial charge in [0, 0.05) is 18.0 Å². The molecule has 0 spiro atoms. The molecular weight excluding hydrogens is 470 g/mol. The first kappa shape index (κ1) is 23.9. The van der Waals surface area contributed by atoms with E-state index in [0.717, 1.165) is 24.3 Å². The van der Waals surface area contributed by atoms with E-state index in [4.69, 9.17) is 9.47 Å². The summed E-state index contributed by atoms with van der Waals surface area (Å²) in [5.74, 6) is -2.14. The van der Waals surface area contributed by atoms with E-state index < -0.39 is 51.7 Å². The summed E-state index contributed by atoms with van der Waals surface area (Å²) < 4.78 is 63.4. The zero-order chi connectivity index (χ0) is 24.2. The fourth-order valence-electron chi connectivity index (χ4n) is 2.85. The molecule has 0 saturated heterocycles. The third-order valence-electron chi connectivity index (χ3n) is 4.40. The van der Waals surface area contributed by atoms with Crippen molar-refractivity contribution in [3.63, 3.8) is 0 Å². The van der Waals surface area contributed by atoms with E-state index in [1.54, 1.807) is 10.9 Å². The number of halogens is 4. The number of thiazole rings is 1. The van der Waals surface area contributed by atoms with Gasteiger partial charge in [0.25, 0.3) is 11.6 Å². The smallest absolute Gasteiger partial charge is 0.416 e.